The van der Waals surface area contributed by atoms with Gasteiger partial charge in [-0.25, -0.2) is 9.78 Å². The van der Waals surface area contributed by atoms with Crippen molar-refractivity contribution in [2.24, 2.45) is 0 Å². The Hall–Kier alpha value is -1.28. The summed E-state index contributed by atoms with van der Waals surface area (Å²) in [5.41, 5.74) is 5.68. The third-order valence-electron chi connectivity index (χ3n) is 2.48. The van der Waals surface area contributed by atoms with Crippen molar-refractivity contribution in [2.45, 2.75) is 18.3 Å². The fourth-order valence-corrected chi connectivity index (χ4v) is 3.36. The van der Waals surface area contributed by atoms with Crippen molar-refractivity contribution in [2.75, 3.05) is 11.5 Å². The number of nitrogens with two attached hydrogens (primary N) is 1. The molecular formula is C9H11N3O3S2. The summed E-state index contributed by atoms with van der Waals surface area (Å²) in [6.45, 7) is 1.81. The van der Waals surface area contributed by atoms with Crippen LogP contribution in [-0.4, -0.2) is 44.0 Å². The van der Waals surface area contributed by atoms with E-state index in [-0.39, 0.29) is 17.0 Å². The number of rotatable bonds is 2. The van der Waals surface area contributed by atoms with Gasteiger partial charge in [0.15, 0.2) is 5.13 Å². The van der Waals surface area contributed by atoms with Crippen LogP contribution in [0.1, 0.15) is 17.4 Å². The van der Waals surface area contributed by atoms with Gasteiger partial charge in [-0.3, -0.25) is 4.79 Å². The maximum absolute atomic E-state index is 12.1. The summed E-state index contributed by atoms with van der Waals surface area (Å²) in [6, 6.07) is -0.787. The van der Waals surface area contributed by atoms with Crippen LogP contribution in [0.5, 0.6) is 0 Å². The van der Waals surface area contributed by atoms with Gasteiger partial charge in [0.25, 0.3) is 5.91 Å². The van der Waals surface area contributed by atoms with Gasteiger partial charge in [-0.1, -0.05) is 0 Å². The molecule has 1 saturated heterocycles. The highest BCUT2D eigenvalue weighted by molar-refractivity contribution is 8.00. The molecule has 1 aliphatic heterocycles. The molecule has 2 rings (SSSR count). The Labute approximate surface area is 106 Å². The Balaban J connectivity index is 2.25. The maximum Gasteiger partial charge on any atom is 0.327 e. The number of amides is 1. The molecule has 1 aromatic rings. The standard InChI is InChI=1S/C9H11N3O3S2/c1-4-12(6(3-16-4)8(14)15)7(13)5-2-17-9(10)11-5/h2,4,6H,3H2,1H3,(H2,10,11)(H,14,15). The largest absolute Gasteiger partial charge is 0.480 e. The molecule has 0 aliphatic carbocycles. The van der Waals surface area contributed by atoms with E-state index in [1.54, 1.807) is 12.3 Å². The van der Waals surface area contributed by atoms with Crippen LogP contribution in [0.25, 0.3) is 0 Å². The molecule has 2 unspecified atom stereocenters. The normalized spacial score (nSPS) is 23.9. The summed E-state index contributed by atoms with van der Waals surface area (Å²) in [5.74, 6) is -0.955. The predicted octanol–water partition coefficient (Wildman–Crippen LogP) is 0.714. The summed E-state index contributed by atoms with van der Waals surface area (Å²) >= 11 is 2.61. The zero-order valence-corrected chi connectivity index (χ0v) is 10.6. The first-order valence-electron chi connectivity index (χ1n) is 4.88. The van der Waals surface area contributed by atoms with Crippen molar-refractivity contribution in [3.05, 3.63) is 11.1 Å². The molecule has 1 aromatic heterocycles. The molecule has 0 saturated carbocycles. The van der Waals surface area contributed by atoms with Crippen LogP contribution in [-0.2, 0) is 4.79 Å². The highest BCUT2D eigenvalue weighted by Crippen LogP contribution is 2.30. The molecule has 0 spiro atoms. The topological polar surface area (TPSA) is 96.5 Å². The lowest BCUT2D eigenvalue weighted by atomic mass is 10.2. The van der Waals surface area contributed by atoms with Crippen LogP contribution in [0.3, 0.4) is 0 Å². The van der Waals surface area contributed by atoms with E-state index in [9.17, 15) is 9.59 Å². The number of aromatic nitrogens is 1. The number of carbonyl (C=O) groups is 2. The maximum atomic E-state index is 12.1. The van der Waals surface area contributed by atoms with E-state index < -0.39 is 12.0 Å². The molecule has 92 valence electrons. The average Bonchev–Trinajstić information content (AvgIpc) is 2.83. The van der Waals surface area contributed by atoms with Gasteiger partial charge in [-0.2, -0.15) is 0 Å². The minimum Gasteiger partial charge on any atom is -0.480 e. The van der Waals surface area contributed by atoms with E-state index in [1.165, 1.54) is 28.0 Å². The van der Waals surface area contributed by atoms with Gasteiger partial charge < -0.3 is 15.7 Å². The molecule has 1 amide bonds. The lowest BCUT2D eigenvalue weighted by Gasteiger charge is -2.23. The zero-order chi connectivity index (χ0) is 12.6. The summed E-state index contributed by atoms with van der Waals surface area (Å²) < 4.78 is 0. The van der Waals surface area contributed by atoms with Crippen molar-refractivity contribution in [3.63, 3.8) is 0 Å². The molecule has 0 radical (unpaired) electrons. The van der Waals surface area contributed by atoms with Crippen LogP contribution in [0, 0.1) is 0 Å². The van der Waals surface area contributed by atoms with E-state index in [1.807, 2.05) is 0 Å². The van der Waals surface area contributed by atoms with Gasteiger partial charge in [0.1, 0.15) is 11.7 Å². The zero-order valence-electron chi connectivity index (χ0n) is 8.99. The fraction of sp³-hybridized carbons (Fsp3) is 0.444. The first-order valence-corrected chi connectivity index (χ1v) is 6.81. The number of thiazole rings is 1. The van der Waals surface area contributed by atoms with Crippen LogP contribution in [0.4, 0.5) is 5.13 Å². The van der Waals surface area contributed by atoms with Crippen LogP contribution < -0.4 is 5.73 Å². The molecule has 8 heteroatoms. The van der Waals surface area contributed by atoms with Crippen LogP contribution >= 0.6 is 23.1 Å². The van der Waals surface area contributed by atoms with Crippen LogP contribution in [0.2, 0.25) is 0 Å². The second kappa shape index (κ2) is 4.53. The van der Waals surface area contributed by atoms with Crippen LogP contribution in [0.15, 0.2) is 5.38 Å². The number of anilines is 1. The number of nitrogen functional groups attached to an aromatic ring is 1. The minimum absolute atomic E-state index is 0.161. The fourth-order valence-electron chi connectivity index (χ4n) is 1.66. The smallest absolute Gasteiger partial charge is 0.327 e. The second-order valence-corrected chi connectivity index (χ2v) is 5.81. The number of hydrogen-bond acceptors (Lipinski definition) is 6. The van der Waals surface area contributed by atoms with Crippen molar-refractivity contribution in [1.82, 2.24) is 9.88 Å². The van der Waals surface area contributed by atoms with E-state index in [2.05, 4.69) is 4.98 Å². The summed E-state index contributed by atoms with van der Waals surface area (Å²) in [7, 11) is 0. The van der Waals surface area contributed by atoms with Crippen molar-refractivity contribution in [3.8, 4) is 0 Å². The lowest BCUT2D eigenvalue weighted by molar-refractivity contribution is -0.141. The molecule has 2 atom stereocenters. The summed E-state index contributed by atoms with van der Waals surface area (Å²) in [4.78, 5) is 28.4. The molecule has 17 heavy (non-hydrogen) atoms. The average molecular weight is 273 g/mol. The molecular weight excluding hydrogens is 262 g/mol. The Kier molecular flexibility index (Phi) is 3.25. The number of nitrogens with zero attached hydrogens (tertiary/aromatic N) is 2. The van der Waals surface area contributed by atoms with Crippen molar-refractivity contribution < 1.29 is 14.7 Å². The van der Waals surface area contributed by atoms with Gasteiger partial charge in [0.05, 0.1) is 5.37 Å². The number of carboxylic acid groups (broad SMARTS) is 1. The first kappa shape index (κ1) is 12.2. The monoisotopic (exact) mass is 273 g/mol. The number of carbonyl (C=O) groups excluding carboxylic acids is 1. The van der Waals surface area contributed by atoms with Gasteiger partial charge in [-0.15, -0.1) is 23.1 Å². The molecule has 6 nitrogen and oxygen atoms in total. The van der Waals surface area contributed by atoms with Gasteiger partial charge >= 0.3 is 5.97 Å². The minimum atomic E-state index is -0.988. The predicted molar refractivity (Wildman–Crippen MR) is 66.0 cm³/mol. The van der Waals surface area contributed by atoms with Gasteiger partial charge in [0.2, 0.25) is 0 Å². The summed E-state index contributed by atoms with van der Waals surface area (Å²) in [6.07, 6.45) is 0. The molecule has 0 bridgehead atoms. The van der Waals surface area contributed by atoms with Crippen molar-refractivity contribution in [1.29, 1.82) is 0 Å². The van der Waals surface area contributed by atoms with E-state index in [0.29, 0.717) is 10.9 Å². The van der Waals surface area contributed by atoms with E-state index in [4.69, 9.17) is 10.8 Å². The Morgan fingerprint density at radius 1 is 1.65 bits per heavy atom. The number of aliphatic carboxylic acids is 1. The second-order valence-electron chi connectivity index (χ2n) is 3.57. The molecule has 3 N–H and O–H groups in total. The van der Waals surface area contributed by atoms with Gasteiger partial charge in [-0.05, 0) is 6.92 Å². The third-order valence-corrected chi connectivity index (χ3v) is 4.38. The quantitative estimate of drug-likeness (QED) is 0.824. The molecule has 1 aliphatic rings. The third kappa shape index (κ3) is 2.22. The summed E-state index contributed by atoms with van der Waals surface area (Å²) in [5, 5.41) is 10.7. The Morgan fingerprint density at radius 2 is 2.35 bits per heavy atom. The van der Waals surface area contributed by atoms with Gasteiger partial charge in [0, 0.05) is 11.1 Å². The lowest BCUT2D eigenvalue weighted by Crippen LogP contribution is -2.44. The SMILES string of the molecule is CC1SCC(C(=O)O)N1C(=O)c1csc(N)n1. The molecule has 1 fully saturated rings. The Morgan fingerprint density at radius 3 is 2.88 bits per heavy atom. The number of carboxylic acids is 1. The number of hydrogen-bond donors (Lipinski definition) is 2. The highest BCUT2D eigenvalue weighted by atomic mass is 32.2. The van der Waals surface area contributed by atoms with Crippen molar-refractivity contribution >= 4 is 40.1 Å². The Bertz CT molecular complexity index is 462. The van der Waals surface area contributed by atoms with E-state index in [0.717, 1.165) is 0 Å². The number of thioether (sulfide) groups is 1. The first-order chi connectivity index (χ1) is 8.00. The molecule has 0 aromatic carbocycles. The van der Waals surface area contributed by atoms with E-state index >= 15 is 0 Å². The highest BCUT2D eigenvalue weighted by Gasteiger charge is 2.40. The molecule has 2 heterocycles.